The van der Waals surface area contributed by atoms with Crippen LogP contribution in [0.25, 0.3) is 0 Å². The fourth-order valence-electron chi connectivity index (χ4n) is 2.47. The average molecular weight is 281 g/mol. The third kappa shape index (κ3) is 3.73. The van der Waals surface area contributed by atoms with Crippen LogP contribution in [0.1, 0.15) is 68.9 Å². The number of nitrogens with zero attached hydrogens (tertiary/aromatic N) is 3. The van der Waals surface area contributed by atoms with Gasteiger partial charge in [0.15, 0.2) is 5.84 Å². The molecule has 6 heteroatoms. The Morgan fingerprint density at radius 1 is 1.32 bits per heavy atom. The monoisotopic (exact) mass is 281 g/mol. The normalized spacial score (nSPS) is 18.6. The van der Waals surface area contributed by atoms with Gasteiger partial charge in [0.1, 0.15) is 4.88 Å². The zero-order valence-electron chi connectivity index (χ0n) is 11.7. The van der Waals surface area contributed by atoms with Gasteiger partial charge in [0.25, 0.3) is 0 Å². The summed E-state index contributed by atoms with van der Waals surface area (Å²) >= 11 is 1.37. The molecule has 19 heavy (non-hydrogen) atoms. The highest BCUT2D eigenvalue weighted by Crippen LogP contribution is 2.23. The van der Waals surface area contributed by atoms with Crippen LogP contribution in [0.3, 0.4) is 0 Å². The van der Waals surface area contributed by atoms with Crippen molar-refractivity contribution in [1.82, 2.24) is 15.0 Å². The van der Waals surface area contributed by atoms with Crippen LogP contribution >= 0.6 is 11.5 Å². The van der Waals surface area contributed by atoms with E-state index in [0.29, 0.717) is 12.0 Å². The molecule has 1 heterocycles. The van der Waals surface area contributed by atoms with Gasteiger partial charge in [-0.2, -0.15) is 0 Å². The molecule has 5 nitrogen and oxygen atoms in total. The standard InChI is InChI=1S/C13H23N5S/c1-9(2)11-12(19-18-17-11)13(16-14)15-10-7-5-3-4-6-8-10/h9-10H,3-8,14H2,1-2H3,(H,15,16). The molecule has 1 saturated carbocycles. The predicted molar refractivity (Wildman–Crippen MR) is 79.3 cm³/mol. The number of rotatable bonds is 3. The van der Waals surface area contributed by atoms with Crippen LogP contribution in [0.5, 0.6) is 0 Å². The molecule has 3 N–H and O–H groups in total. The molecular weight excluding hydrogens is 258 g/mol. The fourth-order valence-corrected chi connectivity index (χ4v) is 3.25. The maximum Gasteiger partial charge on any atom is 0.156 e. The second-order valence-corrected chi connectivity index (χ2v) is 6.16. The van der Waals surface area contributed by atoms with E-state index >= 15 is 0 Å². The van der Waals surface area contributed by atoms with Crippen molar-refractivity contribution >= 4 is 17.4 Å². The Balaban J connectivity index is 2.20. The van der Waals surface area contributed by atoms with Crippen LogP contribution in [-0.2, 0) is 0 Å². The topological polar surface area (TPSA) is 76.2 Å². The Bertz CT molecular complexity index is 418. The third-order valence-electron chi connectivity index (χ3n) is 3.55. The number of nitrogens with two attached hydrogens (primary N) is 1. The van der Waals surface area contributed by atoms with Crippen LogP contribution in [0.15, 0.2) is 4.99 Å². The summed E-state index contributed by atoms with van der Waals surface area (Å²) in [6.07, 6.45) is 7.52. The smallest absolute Gasteiger partial charge is 0.156 e. The molecule has 1 aliphatic carbocycles. The molecule has 0 atom stereocenters. The van der Waals surface area contributed by atoms with Gasteiger partial charge in [0.2, 0.25) is 0 Å². The van der Waals surface area contributed by atoms with Crippen molar-refractivity contribution in [1.29, 1.82) is 0 Å². The van der Waals surface area contributed by atoms with Gasteiger partial charge in [0.05, 0.1) is 11.7 Å². The summed E-state index contributed by atoms with van der Waals surface area (Å²) in [6, 6.07) is 0.385. The molecule has 0 amide bonds. The zero-order valence-corrected chi connectivity index (χ0v) is 12.5. The molecule has 0 saturated heterocycles. The van der Waals surface area contributed by atoms with E-state index in [2.05, 4.69) is 28.9 Å². The Morgan fingerprint density at radius 3 is 2.58 bits per heavy atom. The highest BCUT2D eigenvalue weighted by molar-refractivity contribution is 7.08. The van der Waals surface area contributed by atoms with Crippen LogP contribution in [-0.4, -0.2) is 21.5 Å². The Morgan fingerprint density at radius 2 is 2.00 bits per heavy atom. The summed E-state index contributed by atoms with van der Waals surface area (Å²) < 4.78 is 4.04. The number of amidine groups is 1. The summed E-state index contributed by atoms with van der Waals surface area (Å²) in [7, 11) is 0. The van der Waals surface area contributed by atoms with Gasteiger partial charge >= 0.3 is 0 Å². The zero-order chi connectivity index (χ0) is 13.7. The lowest BCUT2D eigenvalue weighted by Crippen LogP contribution is -2.32. The van der Waals surface area contributed by atoms with Crippen molar-refractivity contribution in [2.75, 3.05) is 0 Å². The maximum absolute atomic E-state index is 5.66. The number of hydrogen-bond donors (Lipinski definition) is 2. The van der Waals surface area contributed by atoms with Crippen LogP contribution in [0.4, 0.5) is 0 Å². The summed E-state index contributed by atoms with van der Waals surface area (Å²) in [5.74, 6) is 6.75. The Hall–Kier alpha value is -1.01. The molecule has 0 spiro atoms. The molecule has 1 aliphatic rings. The van der Waals surface area contributed by atoms with Crippen molar-refractivity contribution in [3.05, 3.63) is 10.6 Å². The minimum absolute atomic E-state index is 0.335. The molecule has 1 aromatic rings. The molecular formula is C13H23N5S. The maximum atomic E-state index is 5.66. The number of nitrogens with one attached hydrogen (secondary N) is 1. The molecule has 0 bridgehead atoms. The van der Waals surface area contributed by atoms with E-state index in [0.717, 1.165) is 29.2 Å². The van der Waals surface area contributed by atoms with E-state index in [1.807, 2.05) is 0 Å². The van der Waals surface area contributed by atoms with E-state index in [4.69, 9.17) is 10.8 Å². The van der Waals surface area contributed by atoms with Crippen LogP contribution in [0, 0.1) is 0 Å². The summed E-state index contributed by atoms with van der Waals surface area (Å²) in [6.45, 7) is 4.22. The van der Waals surface area contributed by atoms with Crippen molar-refractivity contribution in [3.63, 3.8) is 0 Å². The molecule has 0 radical (unpaired) electrons. The van der Waals surface area contributed by atoms with Crippen molar-refractivity contribution in [3.8, 4) is 0 Å². The number of aliphatic imine (C=N–C) groups is 1. The first-order valence-electron chi connectivity index (χ1n) is 7.09. The molecule has 0 aliphatic heterocycles. The van der Waals surface area contributed by atoms with Crippen molar-refractivity contribution in [2.24, 2.45) is 10.8 Å². The first-order valence-corrected chi connectivity index (χ1v) is 7.86. The number of hydrogen-bond acceptors (Lipinski definition) is 5. The van der Waals surface area contributed by atoms with Gasteiger partial charge in [-0.3, -0.25) is 4.99 Å². The van der Waals surface area contributed by atoms with Gasteiger partial charge in [-0.15, -0.1) is 5.10 Å². The van der Waals surface area contributed by atoms with E-state index in [-0.39, 0.29) is 0 Å². The number of hydrazine groups is 1. The lowest BCUT2D eigenvalue weighted by molar-refractivity contribution is 0.583. The van der Waals surface area contributed by atoms with Gasteiger partial charge in [-0.1, -0.05) is 44.0 Å². The molecule has 0 unspecified atom stereocenters. The summed E-state index contributed by atoms with van der Waals surface area (Å²) in [5.41, 5.74) is 3.73. The lowest BCUT2D eigenvalue weighted by atomic mass is 10.1. The lowest BCUT2D eigenvalue weighted by Gasteiger charge is -2.12. The van der Waals surface area contributed by atoms with E-state index in [9.17, 15) is 0 Å². The minimum Gasteiger partial charge on any atom is -0.307 e. The number of aromatic nitrogens is 2. The van der Waals surface area contributed by atoms with E-state index < -0.39 is 0 Å². The van der Waals surface area contributed by atoms with Gasteiger partial charge in [-0.05, 0) is 30.3 Å². The second kappa shape index (κ2) is 6.96. The van der Waals surface area contributed by atoms with Gasteiger partial charge in [-0.25, -0.2) is 5.84 Å². The molecule has 2 rings (SSSR count). The van der Waals surface area contributed by atoms with Gasteiger partial charge in [0, 0.05) is 0 Å². The van der Waals surface area contributed by atoms with Crippen molar-refractivity contribution in [2.45, 2.75) is 64.3 Å². The minimum atomic E-state index is 0.335. The van der Waals surface area contributed by atoms with Gasteiger partial charge < -0.3 is 5.43 Å². The largest absolute Gasteiger partial charge is 0.307 e. The predicted octanol–water partition coefficient (Wildman–Crippen LogP) is 2.59. The van der Waals surface area contributed by atoms with Crippen LogP contribution < -0.4 is 11.3 Å². The SMILES string of the molecule is CC(C)c1nnsc1C(=NC1CCCCCC1)NN. The highest BCUT2D eigenvalue weighted by Gasteiger charge is 2.18. The average Bonchev–Trinajstić information content (AvgIpc) is 2.74. The summed E-state index contributed by atoms with van der Waals surface area (Å²) in [4.78, 5) is 5.80. The fraction of sp³-hybridized carbons (Fsp3) is 0.769. The Labute approximate surface area is 118 Å². The molecule has 0 aromatic carbocycles. The second-order valence-electron chi connectivity index (χ2n) is 5.41. The van der Waals surface area contributed by atoms with Crippen molar-refractivity contribution < 1.29 is 0 Å². The van der Waals surface area contributed by atoms with E-state index in [1.165, 1.54) is 37.2 Å². The highest BCUT2D eigenvalue weighted by atomic mass is 32.1. The first kappa shape index (κ1) is 14.4. The first-order chi connectivity index (χ1) is 9.22. The quantitative estimate of drug-likeness (QED) is 0.293. The molecule has 1 aromatic heterocycles. The molecule has 106 valence electrons. The van der Waals surface area contributed by atoms with E-state index in [1.54, 1.807) is 0 Å². The molecule has 1 fully saturated rings. The Kier molecular flexibility index (Phi) is 5.27. The van der Waals surface area contributed by atoms with Crippen LogP contribution in [0.2, 0.25) is 0 Å². The third-order valence-corrected chi connectivity index (χ3v) is 4.30. The summed E-state index contributed by atoms with van der Waals surface area (Å²) in [5, 5.41) is 4.19.